The molecule has 0 radical (unpaired) electrons. The molecule has 1 unspecified atom stereocenters. The predicted octanol–water partition coefficient (Wildman–Crippen LogP) is 1.20. The molecular weight excluding hydrogens is 323 g/mol. The Kier molecular flexibility index (Phi) is 6.65. The first kappa shape index (κ1) is 18.6. The number of aliphatic hydroxyl groups excluding tert-OH is 1. The number of benzene rings is 2. The van der Waals surface area contributed by atoms with E-state index in [9.17, 15) is 19.1 Å². The zero-order chi connectivity index (χ0) is 18.2. The number of rotatable bonds is 7. The van der Waals surface area contributed by atoms with E-state index in [0.717, 1.165) is 5.56 Å². The Hall–Kier alpha value is -2.73. The fourth-order valence-corrected chi connectivity index (χ4v) is 2.44. The van der Waals surface area contributed by atoms with E-state index in [-0.39, 0.29) is 24.6 Å². The topological polar surface area (TPSA) is 78.4 Å². The molecule has 0 aromatic heterocycles. The van der Waals surface area contributed by atoms with Gasteiger partial charge in [0.1, 0.15) is 18.0 Å². The Morgan fingerprint density at radius 1 is 0.960 bits per heavy atom. The molecular formula is C19H21FN2O3. The lowest BCUT2D eigenvalue weighted by molar-refractivity contribution is -0.133. The molecule has 3 N–H and O–H groups in total. The predicted molar refractivity (Wildman–Crippen MR) is 92.3 cm³/mol. The summed E-state index contributed by atoms with van der Waals surface area (Å²) < 4.78 is 13.0. The van der Waals surface area contributed by atoms with Crippen molar-refractivity contribution in [2.75, 3.05) is 7.05 Å². The normalized spacial score (nSPS) is 12.9. The summed E-state index contributed by atoms with van der Waals surface area (Å²) in [6.07, 6.45) is -0.907. The number of halogens is 1. The summed E-state index contributed by atoms with van der Waals surface area (Å²) in [7, 11) is 1.46. The summed E-state index contributed by atoms with van der Waals surface area (Å²) in [6, 6.07) is 14.0. The van der Waals surface area contributed by atoms with Crippen molar-refractivity contribution in [1.82, 2.24) is 10.6 Å². The van der Waals surface area contributed by atoms with Crippen molar-refractivity contribution in [1.29, 1.82) is 0 Å². The molecule has 0 aliphatic rings. The molecule has 0 fully saturated rings. The summed E-state index contributed by atoms with van der Waals surface area (Å²) in [4.78, 5) is 24.2. The zero-order valence-corrected chi connectivity index (χ0v) is 13.9. The van der Waals surface area contributed by atoms with Crippen molar-refractivity contribution in [3.8, 4) is 0 Å². The van der Waals surface area contributed by atoms with Gasteiger partial charge in [0.2, 0.25) is 11.8 Å². The van der Waals surface area contributed by atoms with Crippen LogP contribution in [0.25, 0.3) is 0 Å². The van der Waals surface area contributed by atoms with Crippen molar-refractivity contribution in [3.63, 3.8) is 0 Å². The Balaban J connectivity index is 2.01. The molecule has 25 heavy (non-hydrogen) atoms. The lowest BCUT2D eigenvalue weighted by Gasteiger charge is -2.19. The number of nitrogens with one attached hydrogen (secondary N) is 2. The van der Waals surface area contributed by atoms with Crippen molar-refractivity contribution < 1.29 is 19.1 Å². The highest BCUT2D eigenvalue weighted by molar-refractivity contribution is 5.89. The average Bonchev–Trinajstić information content (AvgIpc) is 2.63. The van der Waals surface area contributed by atoms with Crippen LogP contribution in [0.3, 0.4) is 0 Å². The number of likely N-dealkylation sites (N-methyl/N-ethyl adjacent to an activating group) is 1. The average molecular weight is 344 g/mol. The molecule has 132 valence electrons. The van der Waals surface area contributed by atoms with E-state index in [1.807, 2.05) is 30.3 Å². The van der Waals surface area contributed by atoms with E-state index in [0.29, 0.717) is 5.56 Å². The molecule has 0 spiro atoms. The lowest BCUT2D eigenvalue weighted by Crippen LogP contribution is -2.50. The van der Waals surface area contributed by atoms with Gasteiger partial charge in [0.25, 0.3) is 0 Å². The maximum atomic E-state index is 13.0. The molecule has 0 saturated carbocycles. The lowest BCUT2D eigenvalue weighted by atomic mass is 10.0. The molecule has 2 rings (SSSR count). The second-order valence-corrected chi connectivity index (χ2v) is 5.71. The van der Waals surface area contributed by atoms with Crippen molar-refractivity contribution >= 4 is 11.8 Å². The molecule has 0 aliphatic heterocycles. The third kappa shape index (κ3) is 5.69. The van der Waals surface area contributed by atoms with Crippen molar-refractivity contribution in [2.45, 2.75) is 25.0 Å². The number of hydrogen-bond acceptors (Lipinski definition) is 3. The molecule has 2 aromatic carbocycles. The van der Waals surface area contributed by atoms with E-state index in [1.165, 1.54) is 19.2 Å². The van der Waals surface area contributed by atoms with Gasteiger partial charge in [0, 0.05) is 19.9 Å². The third-order valence-electron chi connectivity index (χ3n) is 3.81. The molecule has 6 heteroatoms. The maximum Gasteiger partial charge on any atom is 0.249 e. The van der Waals surface area contributed by atoms with E-state index in [4.69, 9.17) is 0 Å². The Labute approximate surface area is 145 Å². The van der Waals surface area contributed by atoms with Crippen LogP contribution in [0.2, 0.25) is 0 Å². The van der Waals surface area contributed by atoms with E-state index < -0.39 is 18.1 Å². The molecule has 2 aromatic rings. The first-order chi connectivity index (χ1) is 12.0. The van der Waals surface area contributed by atoms with Gasteiger partial charge < -0.3 is 15.7 Å². The maximum absolute atomic E-state index is 13.0. The van der Waals surface area contributed by atoms with Gasteiger partial charge in [-0.05, 0) is 23.3 Å². The van der Waals surface area contributed by atoms with Gasteiger partial charge in [0.15, 0.2) is 0 Å². The highest BCUT2D eigenvalue weighted by Crippen LogP contribution is 2.08. The van der Waals surface area contributed by atoms with Crippen molar-refractivity contribution in [2.24, 2.45) is 0 Å². The summed E-state index contributed by atoms with van der Waals surface area (Å²) in [6.45, 7) is 0. The summed E-state index contributed by atoms with van der Waals surface area (Å²) in [5.74, 6) is -1.38. The van der Waals surface area contributed by atoms with Crippen LogP contribution in [0, 0.1) is 5.82 Å². The van der Waals surface area contributed by atoms with Crippen LogP contribution in [0.15, 0.2) is 54.6 Å². The van der Waals surface area contributed by atoms with Gasteiger partial charge in [-0.2, -0.15) is 0 Å². The Bertz CT molecular complexity index is 704. The zero-order valence-electron chi connectivity index (χ0n) is 13.9. The standard InChI is InChI=1S/C19H21FN2O3/c1-21-18(24)16(11-14-7-9-15(20)10-8-14)22-19(25)17(23)12-13-5-3-2-4-6-13/h2-10,16-17,23H,11-12H2,1H3,(H,21,24)(H,22,25)/t16?,17-/m1/s1. The summed E-state index contributed by atoms with van der Waals surface area (Å²) >= 11 is 0. The number of amides is 2. The minimum absolute atomic E-state index is 0.156. The van der Waals surface area contributed by atoms with E-state index >= 15 is 0 Å². The molecule has 0 heterocycles. The summed E-state index contributed by atoms with van der Waals surface area (Å²) in [5, 5.41) is 15.1. The van der Waals surface area contributed by atoms with E-state index in [2.05, 4.69) is 10.6 Å². The van der Waals surface area contributed by atoms with Gasteiger partial charge in [-0.15, -0.1) is 0 Å². The quantitative estimate of drug-likeness (QED) is 0.706. The first-order valence-electron chi connectivity index (χ1n) is 7.98. The van der Waals surface area contributed by atoms with Crippen LogP contribution in [-0.2, 0) is 22.4 Å². The monoisotopic (exact) mass is 344 g/mol. The van der Waals surface area contributed by atoms with Crippen LogP contribution >= 0.6 is 0 Å². The smallest absolute Gasteiger partial charge is 0.249 e. The van der Waals surface area contributed by atoms with Crippen LogP contribution in [-0.4, -0.2) is 36.1 Å². The van der Waals surface area contributed by atoms with Gasteiger partial charge in [-0.1, -0.05) is 42.5 Å². The van der Waals surface area contributed by atoms with Gasteiger partial charge in [0.05, 0.1) is 0 Å². The van der Waals surface area contributed by atoms with Crippen LogP contribution in [0.5, 0.6) is 0 Å². The minimum atomic E-state index is -1.26. The molecule has 0 bridgehead atoms. The van der Waals surface area contributed by atoms with Crippen molar-refractivity contribution in [3.05, 3.63) is 71.5 Å². The number of hydrogen-bond donors (Lipinski definition) is 3. The Morgan fingerprint density at radius 3 is 2.16 bits per heavy atom. The molecule has 0 aliphatic carbocycles. The molecule has 2 amide bonds. The number of carbonyl (C=O) groups excluding carboxylic acids is 2. The highest BCUT2D eigenvalue weighted by atomic mass is 19.1. The SMILES string of the molecule is CNC(=O)C(Cc1ccc(F)cc1)NC(=O)[C@H](O)Cc1ccccc1. The minimum Gasteiger partial charge on any atom is -0.383 e. The second-order valence-electron chi connectivity index (χ2n) is 5.71. The second kappa shape index (κ2) is 8.94. The van der Waals surface area contributed by atoms with Gasteiger partial charge >= 0.3 is 0 Å². The van der Waals surface area contributed by atoms with Crippen LogP contribution in [0.4, 0.5) is 4.39 Å². The van der Waals surface area contributed by atoms with Crippen LogP contribution in [0.1, 0.15) is 11.1 Å². The molecule has 5 nitrogen and oxygen atoms in total. The fraction of sp³-hybridized carbons (Fsp3) is 0.263. The fourth-order valence-electron chi connectivity index (χ4n) is 2.44. The largest absolute Gasteiger partial charge is 0.383 e. The first-order valence-corrected chi connectivity index (χ1v) is 7.98. The number of carbonyl (C=O) groups is 2. The molecule has 0 saturated heterocycles. The van der Waals surface area contributed by atoms with Crippen LogP contribution < -0.4 is 10.6 Å². The van der Waals surface area contributed by atoms with Gasteiger partial charge in [-0.3, -0.25) is 9.59 Å². The molecule has 2 atom stereocenters. The Morgan fingerprint density at radius 2 is 1.56 bits per heavy atom. The highest BCUT2D eigenvalue weighted by Gasteiger charge is 2.24. The summed E-state index contributed by atoms with van der Waals surface area (Å²) in [5.41, 5.74) is 1.52. The third-order valence-corrected chi connectivity index (χ3v) is 3.81. The van der Waals surface area contributed by atoms with E-state index in [1.54, 1.807) is 12.1 Å². The number of aliphatic hydroxyl groups is 1. The van der Waals surface area contributed by atoms with Gasteiger partial charge in [-0.25, -0.2) is 4.39 Å².